The van der Waals surface area contributed by atoms with Gasteiger partial charge in [0.15, 0.2) is 0 Å². The lowest BCUT2D eigenvalue weighted by Crippen LogP contribution is -2.58. The highest BCUT2D eigenvalue weighted by Crippen LogP contribution is 2.39. The van der Waals surface area contributed by atoms with Gasteiger partial charge in [-0.3, -0.25) is 4.90 Å². The van der Waals surface area contributed by atoms with Gasteiger partial charge in [-0.05, 0) is 69.5 Å². The van der Waals surface area contributed by atoms with Gasteiger partial charge in [-0.15, -0.1) is 0 Å². The first-order valence-electron chi connectivity index (χ1n) is 11.0. The molecule has 1 saturated heterocycles. The molecule has 0 radical (unpaired) electrons. The zero-order valence-corrected chi connectivity index (χ0v) is 18.4. The number of nitrogens with zero attached hydrogens (tertiary/aromatic N) is 1. The molecule has 1 saturated carbocycles. The second-order valence-electron chi connectivity index (χ2n) is 8.94. The van der Waals surface area contributed by atoms with Crippen molar-refractivity contribution in [2.75, 3.05) is 32.6 Å². The summed E-state index contributed by atoms with van der Waals surface area (Å²) in [7, 11) is -3.25. The highest BCUT2D eigenvalue weighted by molar-refractivity contribution is 7.88. The van der Waals surface area contributed by atoms with Gasteiger partial charge in [-0.1, -0.05) is 17.7 Å². The van der Waals surface area contributed by atoms with Crippen LogP contribution in [0, 0.1) is 6.92 Å². The maximum Gasteiger partial charge on any atom is 0.209 e. The highest BCUT2D eigenvalue weighted by atomic mass is 32.2. The van der Waals surface area contributed by atoms with Gasteiger partial charge in [0.05, 0.1) is 19.0 Å². The standard InChI is InChI=1S/C22H34N2O4S/c1-16-5-10-22-19(14-16)17-6-8-18(9-7-17)28-15-21-20(23-29(2,25)26)4-3-11-24(21)12-13-27-22/h5,10,14,17-18,20-21,23H,3-4,6-9,11-13,15H2,1-2H3/t17?,18?,20-,21?/m0/s1. The second-order valence-corrected chi connectivity index (χ2v) is 10.7. The van der Waals surface area contributed by atoms with E-state index in [9.17, 15) is 8.42 Å². The van der Waals surface area contributed by atoms with Crippen molar-refractivity contribution in [3.8, 4) is 5.75 Å². The van der Waals surface area contributed by atoms with Gasteiger partial charge in [0.2, 0.25) is 10.0 Å². The molecule has 1 N–H and O–H groups in total. The van der Waals surface area contributed by atoms with Crippen LogP contribution in [0.5, 0.6) is 5.75 Å². The van der Waals surface area contributed by atoms with Crippen molar-refractivity contribution in [2.45, 2.75) is 69.6 Å². The maximum atomic E-state index is 11.9. The van der Waals surface area contributed by atoms with Crippen LogP contribution < -0.4 is 9.46 Å². The van der Waals surface area contributed by atoms with Gasteiger partial charge < -0.3 is 9.47 Å². The van der Waals surface area contributed by atoms with E-state index in [1.54, 1.807) is 0 Å². The fourth-order valence-electron chi connectivity index (χ4n) is 5.20. The molecule has 5 rings (SSSR count). The minimum absolute atomic E-state index is 0.0537. The summed E-state index contributed by atoms with van der Waals surface area (Å²) < 4.78 is 39.3. The molecule has 1 aliphatic carbocycles. The summed E-state index contributed by atoms with van der Waals surface area (Å²) in [6, 6.07) is 6.49. The monoisotopic (exact) mass is 422 g/mol. The van der Waals surface area contributed by atoms with Crippen molar-refractivity contribution >= 4 is 10.0 Å². The van der Waals surface area contributed by atoms with E-state index in [-0.39, 0.29) is 18.2 Å². The molecule has 6 nitrogen and oxygen atoms in total. The van der Waals surface area contributed by atoms with E-state index in [4.69, 9.17) is 9.47 Å². The molecule has 0 amide bonds. The number of hydrogen-bond donors (Lipinski definition) is 1. The molecular weight excluding hydrogens is 388 g/mol. The van der Waals surface area contributed by atoms with Gasteiger partial charge in [-0.25, -0.2) is 13.1 Å². The number of piperidine rings is 1. The Kier molecular flexibility index (Phi) is 6.49. The first-order valence-corrected chi connectivity index (χ1v) is 12.8. The van der Waals surface area contributed by atoms with Crippen LogP contribution in [-0.2, 0) is 14.8 Å². The van der Waals surface area contributed by atoms with E-state index in [0.717, 1.165) is 57.4 Å². The van der Waals surface area contributed by atoms with Crippen LogP contribution in [-0.4, -0.2) is 64.1 Å². The maximum absolute atomic E-state index is 11.9. The number of nitrogens with one attached hydrogen (secondary N) is 1. The molecule has 1 unspecified atom stereocenters. The summed E-state index contributed by atoms with van der Waals surface area (Å²) in [6.45, 7) is 5.05. The highest BCUT2D eigenvalue weighted by Gasteiger charge is 2.35. The van der Waals surface area contributed by atoms with Gasteiger partial charge in [0.25, 0.3) is 0 Å². The fraction of sp³-hybridized carbons (Fsp3) is 0.727. The molecule has 162 valence electrons. The summed E-state index contributed by atoms with van der Waals surface area (Å²) in [6.07, 6.45) is 7.68. The van der Waals surface area contributed by atoms with Gasteiger partial charge in [0.1, 0.15) is 12.4 Å². The lowest BCUT2D eigenvalue weighted by atomic mass is 9.82. The van der Waals surface area contributed by atoms with Crippen molar-refractivity contribution in [1.82, 2.24) is 9.62 Å². The quantitative estimate of drug-likeness (QED) is 0.794. The molecule has 1 aromatic rings. The number of ether oxygens (including phenoxy) is 2. The Morgan fingerprint density at radius 2 is 1.90 bits per heavy atom. The van der Waals surface area contributed by atoms with E-state index in [0.29, 0.717) is 19.1 Å². The minimum Gasteiger partial charge on any atom is -0.492 e. The predicted octanol–water partition coefficient (Wildman–Crippen LogP) is 2.81. The Labute approximate surface area is 175 Å². The Hall–Kier alpha value is -1.15. The van der Waals surface area contributed by atoms with Crippen molar-refractivity contribution in [2.24, 2.45) is 0 Å². The smallest absolute Gasteiger partial charge is 0.209 e. The summed E-state index contributed by atoms with van der Waals surface area (Å²) in [5.41, 5.74) is 2.62. The van der Waals surface area contributed by atoms with E-state index in [1.165, 1.54) is 17.4 Å². The third kappa shape index (κ3) is 5.32. The Morgan fingerprint density at radius 3 is 2.66 bits per heavy atom. The lowest BCUT2D eigenvalue weighted by Gasteiger charge is -2.41. The molecule has 3 aliphatic heterocycles. The molecule has 2 atom stereocenters. The Morgan fingerprint density at radius 1 is 1.10 bits per heavy atom. The van der Waals surface area contributed by atoms with Crippen LogP contribution in [0.15, 0.2) is 18.2 Å². The third-order valence-electron chi connectivity index (χ3n) is 6.68. The van der Waals surface area contributed by atoms with Crippen LogP contribution >= 0.6 is 0 Å². The molecule has 4 aliphatic rings. The summed E-state index contributed by atoms with van der Waals surface area (Å²) >= 11 is 0. The van der Waals surface area contributed by atoms with Gasteiger partial charge >= 0.3 is 0 Å². The number of sulfonamides is 1. The fourth-order valence-corrected chi connectivity index (χ4v) is 6.03. The molecule has 7 heteroatoms. The normalized spacial score (nSPS) is 31.5. The average molecular weight is 423 g/mol. The molecular formula is C22H34N2O4S. The molecule has 3 heterocycles. The van der Waals surface area contributed by atoms with E-state index in [2.05, 4.69) is 34.7 Å². The number of aryl methyl sites for hydroxylation is 1. The van der Waals surface area contributed by atoms with Crippen LogP contribution in [0.25, 0.3) is 0 Å². The lowest BCUT2D eigenvalue weighted by molar-refractivity contribution is -0.0284. The first kappa shape index (κ1) is 21.1. The summed E-state index contributed by atoms with van der Waals surface area (Å²) in [4.78, 5) is 2.35. The zero-order chi connectivity index (χ0) is 20.4. The SMILES string of the molecule is Cc1ccc2c(c1)C1CCC(CC1)OCC1[C@@H](NS(C)(=O)=O)CCCN1CCO2. The Bertz CT molecular complexity index is 805. The predicted molar refractivity (Wildman–Crippen MR) is 114 cm³/mol. The largest absolute Gasteiger partial charge is 0.492 e. The molecule has 29 heavy (non-hydrogen) atoms. The average Bonchev–Trinajstić information content (AvgIpc) is 2.69. The molecule has 0 spiro atoms. The van der Waals surface area contributed by atoms with Crippen LogP contribution in [0.3, 0.4) is 0 Å². The van der Waals surface area contributed by atoms with Crippen molar-refractivity contribution < 1.29 is 17.9 Å². The first-order chi connectivity index (χ1) is 13.9. The van der Waals surface area contributed by atoms with Crippen LogP contribution in [0.4, 0.5) is 0 Å². The number of hydrogen-bond acceptors (Lipinski definition) is 5. The van der Waals surface area contributed by atoms with E-state index in [1.807, 2.05) is 0 Å². The topological polar surface area (TPSA) is 67.9 Å². The van der Waals surface area contributed by atoms with Crippen LogP contribution in [0.1, 0.15) is 55.6 Å². The summed E-state index contributed by atoms with van der Waals surface area (Å²) in [5, 5.41) is 0. The van der Waals surface area contributed by atoms with Crippen molar-refractivity contribution in [3.63, 3.8) is 0 Å². The van der Waals surface area contributed by atoms with Gasteiger partial charge in [0, 0.05) is 18.6 Å². The molecule has 0 aromatic heterocycles. The molecule has 2 bridgehead atoms. The molecule has 2 fully saturated rings. The number of fused-ring (bicyclic) bond motifs is 5. The molecule has 1 aromatic carbocycles. The van der Waals surface area contributed by atoms with Crippen molar-refractivity contribution in [3.05, 3.63) is 29.3 Å². The van der Waals surface area contributed by atoms with Crippen molar-refractivity contribution in [1.29, 1.82) is 0 Å². The van der Waals surface area contributed by atoms with Gasteiger partial charge in [-0.2, -0.15) is 0 Å². The number of rotatable bonds is 2. The summed E-state index contributed by atoms with van der Waals surface area (Å²) in [5.74, 6) is 1.55. The van der Waals surface area contributed by atoms with E-state index < -0.39 is 10.0 Å². The zero-order valence-electron chi connectivity index (χ0n) is 17.6. The number of benzene rings is 1. The minimum atomic E-state index is -3.25. The second kappa shape index (κ2) is 8.92. The van der Waals surface area contributed by atoms with Crippen LogP contribution in [0.2, 0.25) is 0 Å². The van der Waals surface area contributed by atoms with E-state index >= 15 is 0 Å². The third-order valence-corrected chi connectivity index (χ3v) is 7.41. The Balaban J connectivity index is 1.57.